The van der Waals surface area contributed by atoms with Crippen molar-refractivity contribution in [2.24, 2.45) is 0 Å². The molecule has 0 fully saturated rings. The second kappa shape index (κ2) is 6.40. The van der Waals surface area contributed by atoms with Gasteiger partial charge in [-0.1, -0.05) is 13.3 Å². The van der Waals surface area contributed by atoms with Crippen LogP contribution in [0.2, 0.25) is 0 Å². The monoisotopic (exact) mass is 200 g/mol. The van der Waals surface area contributed by atoms with E-state index in [9.17, 15) is 9.59 Å². The topological polar surface area (TPSA) is 55.4 Å². The molecule has 0 aliphatic rings. The average molecular weight is 200 g/mol. The predicted octanol–water partition coefficient (Wildman–Crippen LogP) is 1.79. The molecule has 0 unspecified atom stereocenters. The predicted molar refractivity (Wildman–Crippen MR) is 53.8 cm³/mol. The van der Waals surface area contributed by atoms with E-state index >= 15 is 0 Å². The van der Waals surface area contributed by atoms with Crippen LogP contribution in [0.5, 0.6) is 0 Å². The van der Waals surface area contributed by atoms with Gasteiger partial charge in [0.1, 0.15) is 0 Å². The molecule has 0 aliphatic carbocycles. The third kappa shape index (κ3) is 6.46. The van der Waals surface area contributed by atoms with Crippen LogP contribution in [0.1, 0.15) is 40.0 Å². The zero-order chi connectivity index (χ0) is 11.0. The Balaban J connectivity index is 3.75. The third-order valence-electron chi connectivity index (χ3n) is 1.69. The second-order valence-corrected chi connectivity index (χ2v) is 3.82. The highest BCUT2D eigenvalue weighted by Gasteiger charge is 2.20. The highest BCUT2D eigenvalue weighted by atomic mass is 16.5. The van der Waals surface area contributed by atoms with E-state index in [2.05, 4.69) is 5.32 Å². The summed E-state index contributed by atoms with van der Waals surface area (Å²) >= 11 is 0. The van der Waals surface area contributed by atoms with Crippen LogP contribution < -0.4 is 5.32 Å². The Bertz CT molecular complexity index is 190. The quantitative estimate of drug-likeness (QED) is 0.665. The molecule has 0 atom stereocenters. The van der Waals surface area contributed by atoms with Gasteiger partial charge in [0, 0.05) is 12.0 Å². The van der Waals surface area contributed by atoms with Gasteiger partial charge in [0.05, 0.1) is 6.61 Å². The van der Waals surface area contributed by atoms with E-state index in [1.807, 2.05) is 6.92 Å². The lowest BCUT2D eigenvalue weighted by Gasteiger charge is -2.22. The van der Waals surface area contributed by atoms with Crippen molar-refractivity contribution in [1.82, 2.24) is 5.32 Å². The van der Waals surface area contributed by atoms with Crippen LogP contribution in [0.25, 0.3) is 0 Å². The van der Waals surface area contributed by atoms with Gasteiger partial charge in [0.15, 0.2) is 0 Å². The van der Waals surface area contributed by atoms with Gasteiger partial charge in [-0.05, 0) is 20.3 Å². The van der Waals surface area contributed by atoms with Crippen molar-refractivity contribution in [1.29, 1.82) is 0 Å². The van der Waals surface area contributed by atoms with Crippen LogP contribution in [0, 0.1) is 0 Å². The molecule has 14 heavy (non-hydrogen) atoms. The van der Waals surface area contributed by atoms with Gasteiger partial charge in [-0.3, -0.25) is 4.79 Å². The zero-order valence-electron chi connectivity index (χ0n) is 9.05. The lowest BCUT2D eigenvalue weighted by Crippen LogP contribution is -2.44. The normalized spacial score (nSPS) is 10.8. The fraction of sp³-hybridized carbons (Fsp3) is 0.800. The number of ether oxygens (including phenoxy) is 1. The first kappa shape index (κ1) is 12.9. The summed E-state index contributed by atoms with van der Waals surface area (Å²) in [5, 5.41) is 2.59. The van der Waals surface area contributed by atoms with Gasteiger partial charge >= 0.3 is 6.09 Å². The molecule has 0 aliphatic heterocycles. The second-order valence-electron chi connectivity index (χ2n) is 3.82. The van der Waals surface area contributed by atoms with E-state index in [1.165, 1.54) is 0 Å². The fourth-order valence-corrected chi connectivity index (χ4v) is 0.846. The summed E-state index contributed by atoms with van der Waals surface area (Å²) in [6.45, 7) is 5.94. The smallest absolute Gasteiger partial charge is 0.407 e. The summed E-state index contributed by atoms with van der Waals surface area (Å²) in [7, 11) is 0. The molecule has 0 bridgehead atoms. The minimum atomic E-state index is -0.578. The van der Waals surface area contributed by atoms with Crippen molar-refractivity contribution in [3.63, 3.8) is 0 Å². The van der Waals surface area contributed by atoms with Crippen molar-refractivity contribution >= 4 is 12.4 Å². The molecule has 0 aromatic heterocycles. The first-order chi connectivity index (χ1) is 6.52. The highest BCUT2D eigenvalue weighted by molar-refractivity contribution is 5.69. The number of hydrogen-bond donors (Lipinski definition) is 1. The number of nitrogens with one attached hydrogen (secondary N) is 1. The maximum atomic E-state index is 11.1. The Morgan fingerprint density at radius 3 is 2.64 bits per heavy atom. The first-order valence-electron chi connectivity index (χ1n) is 4.82. The molecule has 4 heteroatoms. The van der Waals surface area contributed by atoms with Crippen molar-refractivity contribution in [3.05, 3.63) is 0 Å². The number of carbonyl (C=O) groups excluding carboxylic acids is 2. The molecule has 0 heterocycles. The Hall–Kier alpha value is -1.06. The van der Waals surface area contributed by atoms with E-state index in [1.54, 1.807) is 20.1 Å². The summed E-state index contributed by atoms with van der Waals surface area (Å²) in [5.41, 5.74) is -0.578. The number of hydrogen-bond acceptors (Lipinski definition) is 3. The maximum Gasteiger partial charge on any atom is 0.407 e. The zero-order valence-corrected chi connectivity index (χ0v) is 9.05. The number of alkyl carbamates (subject to hydrolysis) is 1. The number of amides is 1. The van der Waals surface area contributed by atoms with Crippen LogP contribution in [0.15, 0.2) is 0 Å². The third-order valence-corrected chi connectivity index (χ3v) is 1.69. The fourth-order valence-electron chi connectivity index (χ4n) is 0.846. The molecule has 1 amide bonds. The van der Waals surface area contributed by atoms with Crippen molar-refractivity contribution < 1.29 is 14.3 Å². The van der Waals surface area contributed by atoms with Crippen LogP contribution in [0.3, 0.4) is 0 Å². The molecule has 0 aromatic carbocycles. The molecule has 1 N–H and O–H groups in total. The van der Waals surface area contributed by atoms with Crippen LogP contribution in [0.4, 0.5) is 4.79 Å². The number of unbranched alkanes of at least 4 members (excludes halogenated alkanes) is 1. The van der Waals surface area contributed by atoms with E-state index in [0.29, 0.717) is 6.61 Å². The van der Waals surface area contributed by atoms with Crippen LogP contribution in [-0.4, -0.2) is 24.5 Å². The summed E-state index contributed by atoms with van der Waals surface area (Å²) in [6.07, 6.45) is 3.29. The molecule has 0 saturated carbocycles. The Kier molecular flexibility index (Phi) is 5.92. The van der Waals surface area contributed by atoms with Crippen molar-refractivity contribution in [2.45, 2.75) is 45.6 Å². The maximum absolute atomic E-state index is 11.1. The van der Waals surface area contributed by atoms with Crippen LogP contribution >= 0.6 is 0 Å². The summed E-state index contributed by atoms with van der Waals surface area (Å²) in [5.74, 6) is 0. The molecular weight excluding hydrogens is 182 g/mol. The molecule has 0 spiro atoms. The van der Waals surface area contributed by atoms with E-state index in [0.717, 1.165) is 12.8 Å². The molecule has 81 valence electrons. The van der Waals surface area contributed by atoms with Gasteiger partial charge in [0.25, 0.3) is 0 Å². The summed E-state index contributed by atoms with van der Waals surface area (Å²) < 4.78 is 4.88. The number of rotatable bonds is 6. The van der Waals surface area contributed by atoms with E-state index in [4.69, 9.17) is 4.74 Å². The van der Waals surface area contributed by atoms with Crippen LogP contribution in [-0.2, 0) is 9.53 Å². The minimum absolute atomic E-state index is 0.163. The first-order valence-corrected chi connectivity index (χ1v) is 4.82. The van der Waals surface area contributed by atoms with Crippen molar-refractivity contribution in [2.75, 3.05) is 6.61 Å². The van der Waals surface area contributed by atoms with Gasteiger partial charge < -0.3 is 10.1 Å². The molecule has 0 rings (SSSR count). The number of carbonyl (C=O) groups is 1. The van der Waals surface area contributed by atoms with E-state index < -0.39 is 11.6 Å². The Morgan fingerprint density at radius 2 is 2.14 bits per heavy atom. The Labute approximate surface area is 85.0 Å². The van der Waals surface area contributed by atoms with Gasteiger partial charge in [-0.2, -0.15) is 0 Å². The van der Waals surface area contributed by atoms with Gasteiger partial charge in [-0.15, -0.1) is 0 Å². The lowest BCUT2D eigenvalue weighted by molar-refractivity contribution is 0.135. The molecule has 0 aromatic rings. The van der Waals surface area contributed by atoms with E-state index in [-0.39, 0.29) is 6.42 Å². The largest absolute Gasteiger partial charge is 0.450 e. The molecule has 4 nitrogen and oxygen atoms in total. The van der Waals surface area contributed by atoms with Gasteiger partial charge in [0.2, 0.25) is 6.29 Å². The highest BCUT2D eigenvalue weighted by Crippen LogP contribution is 2.06. The SMILES string of the molecule is CCCCOC(=O)NC(C)(C)C[C]=O. The lowest BCUT2D eigenvalue weighted by atomic mass is 10.0. The Morgan fingerprint density at radius 1 is 1.50 bits per heavy atom. The summed E-state index contributed by atoms with van der Waals surface area (Å²) in [6, 6.07) is 0. The van der Waals surface area contributed by atoms with Crippen molar-refractivity contribution in [3.8, 4) is 0 Å². The average Bonchev–Trinajstić information content (AvgIpc) is 2.03. The molecule has 1 radical (unpaired) electrons. The summed E-state index contributed by atoms with van der Waals surface area (Å²) in [4.78, 5) is 21.3. The molecule has 0 saturated heterocycles. The standard InChI is InChI=1S/C10H18NO3/c1-4-5-8-14-9(13)11-10(2,3)6-7-12/h4-6,8H2,1-3H3,(H,11,13). The van der Waals surface area contributed by atoms with Gasteiger partial charge in [-0.25, -0.2) is 4.79 Å². The minimum Gasteiger partial charge on any atom is -0.450 e. The molecular formula is C10H18NO3.